The maximum Gasteiger partial charge on any atom is 0.238 e. The maximum atomic E-state index is 12.9. The summed E-state index contributed by atoms with van der Waals surface area (Å²) in [6.45, 7) is 0. The highest BCUT2D eigenvalue weighted by Crippen LogP contribution is 2.53. The third-order valence-electron chi connectivity index (χ3n) is 5.62. The van der Waals surface area contributed by atoms with Gasteiger partial charge in [-0.2, -0.15) is 0 Å². The molecule has 0 aromatic heterocycles. The first-order valence-corrected chi connectivity index (χ1v) is 9.10. The van der Waals surface area contributed by atoms with Crippen LogP contribution >= 0.6 is 11.6 Å². The summed E-state index contributed by atoms with van der Waals surface area (Å²) in [6, 6.07) is 14.4. The van der Waals surface area contributed by atoms with E-state index >= 15 is 0 Å². The fourth-order valence-electron chi connectivity index (χ4n) is 4.48. The van der Waals surface area contributed by atoms with E-state index in [9.17, 15) is 9.59 Å². The molecule has 0 N–H and O–H groups in total. The van der Waals surface area contributed by atoms with Gasteiger partial charge in [0, 0.05) is 0 Å². The third kappa shape index (κ3) is 2.22. The molecule has 0 unspecified atom stereocenters. The van der Waals surface area contributed by atoms with Gasteiger partial charge < -0.3 is 4.74 Å². The van der Waals surface area contributed by atoms with Crippen LogP contribution in [-0.4, -0.2) is 11.8 Å². The number of para-hydroxylation sites is 1. The lowest BCUT2D eigenvalue weighted by molar-refractivity contribution is -0.123. The van der Waals surface area contributed by atoms with Gasteiger partial charge in [-0.15, -0.1) is 0 Å². The highest BCUT2D eigenvalue weighted by Gasteiger charge is 2.59. The molecule has 0 radical (unpaired) electrons. The molecule has 3 aliphatic rings. The van der Waals surface area contributed by atoms with E-state index in [1.54, 1.807) is 18.2 Å². The van der Waals surface area contributed by atoms with Crippen LogP contribution < -0.4 is 9.64 Å². The predicted molar refractivity (Wildman–Crippen MR) is 98.2 cm³/mol. The summed E-state index contributed by atoms with van der Waals surface area (Å²) in [7, 11) is 0. The van der Waals surface area contributed by atoms with E-state index in [-0.39, 0.29) is 35.5 Å². The molecule has 2 fully saturated rings. The lowest BCUT2D eigenvalue weighted by Crippen LogP contribution is -2.32. The minimum Gasteiger partial charge on any atom is -0.456 e. The van der Waals surface area contributed by atoms with Gasteiger partial charge in [0.25, 0.3) is 0 Å². The molecular weight excluding hydrogens is 350 g/mol. The van der Waals surface area contributed by atoms with Crippen molar-refractivity contribution in [2.24, 2.45) is 23.7 Å². The summed E-state index contributed by atoms with van der Waals surface area (Å²) in [5.41, 5.74) is 0.513. The molecular formula is C21H16ClNO3. The van der Waals surface area contributed by atoms with Crippen LogP contribution in [-0.2, 0) is 9.59 Å². The van der Waals surface area contributed by atoms with Crippen LogP contribution in [0.1, 0.15) is 6.42 Å². The van der Waals surface area contributed by atoms with Crippen molar-refractivity contribution in [3.63, 3.8) is 0 Å². The summed E-state index contributed by atoms with van der Waals surface area (Å²) in [5.74, 6) is 0.919. The first-order valence-electron chi connectivity index (χ1n) is 8.72. The van der Waals surface area contributed by atoms with Crippen LogP contribution in [0.15, 0.2) is 60.7 Å². The van der Waals surface area contributed by atoms with Crippen LogP contribution in [0.4, 0.5) is 5.69 Å². The number of hydrogen-bond donors (Lipinski definition) is 0. The first-order chi connectivity index (χ1) is 12.6. The van der Waals surface area contributed by atoms with E-state index in [0.29, 0.717) is 22.2 Å². The van der Waals surface area contributed by atoms with Crippen molar-refractivity contribution in [3.05, 3.63) is 65.7 Å². The summed E-state index contributed by atoms with van der Waals surface area (Å²) in [4.78, 5) is 27.0. The number of allylic oxidation sites excluding steroid dienone is 2. The molecule has 2 aliphatic carbocycles. The number of fused-ring (bicyclic) bond motifs is 5. The average molecular weight is 366 g/mol. The van der Waals surface area contributed by atoms with E-state index in [4.69, 9.17) is 16.3 Å². The average Bonchev–Trinajstić information content (AvgIpc) is 3.32. The van der Waals surface area contributed by atoms with Crippen LogP contribution in [0, 0.1) is 23.7 Å². The summed E-state index contributed by atoms with van der Waals surface area (Å²) in [5, 5.41) is 0.366. The molecule has 1 heterocycles. The van der Waals surface area contributed by atoms with Crippen molar-refractivity contribution in [2.75, 3.05) is 4.90 Å². The van der Waals surface area contributed by atoms with Crippen molar-refractivity contribution in [1.82, 2.24) is 0 Å². The molecule has 1 saturated heterocycles. The molecule has 5 rings (SSSR count). The largest absolute Gasteiger partial charge is 0.456 e. The number of ether oxygens (including phenoxy) is 1. The summed E-state index contributed by atoms with van der Waals surface area (Å²) in [6.07, 6.45) is 5.10. The van der Waals surface area contributed by atoms with Gasteiger partial charge in [-0.3, -0.25) is 9.59 Å². The van der Waals surface area contributed by atoms with Crippen molar-refractivity contribution in [1.29, 1.82) is 0 Å². The molecule has 1 saturated carbocycles. The molecule has 26 heavy (non-hydrogen) atoms. The second-order valence-electron chi connectivity index (χ2n) is 7.04. The zero-order valence-corrected chi connectivity index (χ0v) is 14.6. The number of carbonyl (C=O) groups excluding carboxylic acids is 2. The Morgan fingerprint density at radius 1 is 0.923 bits per heavy atom. The second kappa shape index (κ2) is 5.71. The van der Waals surface area contributed by atoms with Gasteiger partial charge in [-0.1, -0.05) is 42.0 Å². The Balaban J connectivity index is 1.44. The number of amides is 2. The second-order valence-corrected chi connectivity index (χ2v) is 7.45. The van der Waals surface area contributed by atoms with Gasteiger partial charge >= 0.3 is 0 Å². The number of carbonyl (C=O) groups is 2. The molecule has 130 valence electrons. The summed E-state index contributed by atoms with van der Waals surface area (Å²) < 4.78 is 5.77. The zero-order valence-electron chi connectivity index (χ0n) is 13.8. The lowest BCUT2D eigenvalue weighted by Gasteiger charge is -2.18. The Labute approximate surface area is 156 Å². The number of anilines is 1. The van der Waals surface area contributed by atoms with Crippen molar-refractivity contribution < 1.29 is 14.3 Å². The number of halogens is 1. The Bertz CT molecular complexity index is 910. The number of nitrogens with zero attached hydrogens (tertiary/aromatic N) is 1. The topological polar surface area (TPSA) is 46.6 Å². The number of benzene rings is 2. The van der Waals surface area contributed by atoms with Gasteiger partial charge in [0.15, 0.2) is 0 Å². The van der Waals surface area contributed by atoms with Crippen LogP contribution in [0.3, 0.4) is 0 Å². The quantitative estimate of drug-likeness (QED) is 0.596. The minimum absolute atomic E-state index is 0.107. The minimum atomic E-state index is -0.212. The maximum absolute atomic E-state index is 12.9. The van der Waals surface area contributed by atoms with E-state index in [0.717, 1.165) is 6.42 Å². The predicted octanol–water partition coefficient (Wildman–Crippen LogP) is 4.44. The molecule has 4 nitrogen and oxygen atoms in total. The Hall–Kier alpha value is -2.59. The number of imide groups is 1. The highest BCUT2D eigenvalue weighted by atomic mass is 35.5. The molecule has 2 bridgehead atoms. The SMILES string of the molecule is O=C1[C@@H]2[C@@H](C(=O)N1c1ccc(Oc3ccccc3)c(Cl)c1)[C@H]1C=C[C@H]2C1. The fraction of sp³-hybridized carbons (Fsp3) is 0.238. The molecule has 5 heteroatoms. The van der Waals surface area contributed by atoms with Crippen LogP contribution in [0.5, 0.6) is 11.5 Å². The van der Waals surface area contributed by atoms with Crippen molar-refractivity contribution in [2.45, 2.75) is 6.42 Å². The Kier molecular flexibility index (Phi) is 3.44. The van der Waals surface area contributed by atoms with Gasteiger partial charge in [-0.25, -0.2) is 4.90 Å². The Morgan fingerprint density at radius 2 is 1.58 bits per heavy atom. The molecule has 4 atom stereocenters. The lowest BCUT2D eigenvalue weighted by atomic mass is 9.85. The first kappa shape index (κ1) is 15.6. The van der Waals surface area contributed by atoms with Gasteiger partial charge in [0.1, 0.15) is 11.5 Å². The summed E-state index contributed by atoms with van der Waals surface area (Å²) >= 11 is 6.36. The van der Waals surface area contributed by atoms with Crippen LogP contribution in [0.25, 0.3) is 0 Å². The van der Waals surface area contributed by atoms with Crippen molar-refractivity contribution in [3.8, 4) is 11.5 Å². The van der Waals surface area contributed by atoms with E-state index < -0.39 is 0 Å². The van der Waals surface area contributed by atoms with Gasteiger partial charge in [0.2, 0.25) is 11.8 Å². The molecule has 2 amide bonds. The van der Waals surface area contributed by atoms with Gasteiger partial charge in [-0.05, 0) is 48.6 Å². The number of rotatable bonds is 3. The Morgan fingerprint density at radius 3 is 2.19 bits per heavy atom. The van der Waals surface area contributed by atoms with E-state index in [1.165, 1.54) is 4.90 Å². The molecule has 0 spiro atoms. The molecule has 2 aromatic rings. The van der Waals surface area contributed by atoms with Gasteiger partial charge in [0.05, 0.1) is 22.5 Å². The zero-order chi connectivity index (χ0) is 17.8. The van der Waals surface area contributed by atoms with Crippen LogP contribution in [0.2, 0.25) is 5.02 Å². The normalized spacial score (nSPS) is 28.7. The van der Waals surface area contributed by atoms with E-state index in [1.807, 2.05) is 30.3 Å². The number of hydrogen-bond acceptors (Lipinski definition) is 3. The van der Waals surface area contributed by atoms with Crippen molar-refractivity contribution >= 4 is 29.1 Å². The van der Waals surface area contributed by atoms with E-state index in [2.05, 4.69) is 12.2 Å². The smallest absolute Gasteiger partial charge is 0.238 e. The monoisotopic (exact) mass is 365 g/mol. The molecule has 2 aromatic carbocycles. The standard InChI is InChI=1S/C21H16ClNO3/c22-16-11-14(8-9-17(16)26-15-4-2-1-3-5-15)23-20(24)18-12-6-7-13(10-12)19(18)21(23)25/h1-9,11-13,18-19H,10H2/t12-,13-,18-,19-/m0/s1. The fourth-order valence-corrected chi connectivity index (χ4v) is 4.70. The molecule has 1 aliphatic heterocycles. The third-order valence-corrected chi connectivity index (χ3v) is 5.91. The highest BCUT2D eigenvalue weighted by molar-refractivity contribution is 6.33.